The van der Waals surface area contributed by atoms with Crippen molar-refractivity contribution in [2.24, 2.45) is 0 Å². The van der Waals surface area contributed by atoms with Crippen LogP contribution in [0.3, 0.4) is 0 Å². The highest BCUT2D eigenvalue weighted by atomic mass is 32.2. The third-order valence-electron chi connectivity index (χ3n) is 3.94. The van der Waals surface area contributed by atoms with E-state index in [1.165, 1.54) is 0 Å². The lowest BCUT2D eigenvalue weighted by atomic mass is 9.87. The number of ether oxygens (including phenoxy) is 2. The third kappa shape index (κ3) is 3.47. The smallest absolute Gasteiger partial charge is 0.210 e. The minimum atomic E-state index is -3.68. The van der Waals surface area contributed by atoms with Crippen molar-refractivity contribution >= 4 is 9.84 Å². The predicted octanol–water partition coefficient (Wildman–Crippen LogP) is 3.59. The lowest BCUT2D eigenvalue weighted by Crippen LogP contribution is -2.19. The SMILES string of the molecule is CC(C)(C)c1cccc(OCC2CO2)c1S(=O)(=O)c1ccccc1. The first-order chi connectivity index (χ1) is 11.3. The van der Waals surface area contributed by atoms with Crippen LogP contribution in [0.4, 0.5) is 0 Å². The Bertz CT molecular complexity index is 816. The van der Waals surface area contributed by atoms with Crippen molar-refractivity contribution in [1.82, 2.24) is 0 Å². The summed E-state index contributed by atoms with van der Waals surface area (Å²) in [5.74, 6) is 0.391. The van der Waals surface area contributed by atoms with Crippen LogP contribution < -0.4 is 4.74 Å². The predicted molar refractivity (Wildman–Crippen MR) is 92.3 cm³/mol. The van der Waals surface area contributed by atoms with Gasteiger partial charge in [0.15, 0.2) is 0 Å². The van der Waals surface area contributed by atoms with Gasteiger partial charge in [-0.3, -0.25) is 0 Å². The lowest BCUT2D eigenvalue weighted by Gasteiger charge is -2.24. The van der Waals surface area contributed by atoms with Gasteiger partial charge in [-0.1, -0.05) is 51.1 Å². The van der Waals surface area contributed by atoms with Gasteiger partial charge in [-0.05, 0) is 29.2 Å². The second kappa shape index (κ2) is 6.22. The van der Waals surface area contributed by atoms with Crippen molar-refractivity contribution in [1.29, 1.82) is 0 Å². The molecule has 0 saturated carbocycles. The van der Waals surface area contributed by atoms with Crippen molar-refractivity contribution in [3.8, 4) is 5.75 Å². The summed E-state index contributed by atoms with van der Waals surface area (Å²) in [4.78, 5) is 0.526. The van der Waals surface area contributed by atoms with Crippen LogP contribution >= 0.6 is 0 Å². The summed E-state index contributed by atoms with van der Waals surface area (Å²) in [5.41, 5.74) is 0.424. The van der Waals surface area contributed by atoms with Gasteiger partial charge < -0.3 is 9.47 Å². The third-order valence-corrected chi connectivity index (χ3v) is 5.79. The Labute approximate surface area is 143 Å². The van der Waals surface area contributed by atoms with Crippen LogP contribution in [0.15, 0.2) is 58.3 Å². The van der Waals surface area contributed by atoms with Crippen molar-refractivity contribution < 1.29 is 17.9 Å². The molecule has 0 spiro atoms. The van der Waals surface area contributed by atoms with E-state index in [4.69, 9.17) is 9.47 Å². The molecule has 0 bridgehead atoms. The van der Waals surface area contributed by atoms with Crippen LogP contribution in [0.5, 0.6) is 5.75 Å². The Balaban J connectivity index is 2.15. The molecule has 0 N–H and O–H groups in total. The summed E-state index contributed by atoms with van der Waals surface area (Å²) in [6.07, 6.45) is 0.0653. The van der Waals surface area contributed by atoms with Gasteiger partial charge in [-0.2, -0.15) is 0 Å². The van der Waals surface area contributed by atoms with E-state index in [0.717, 1.165) is 5.56 Å². The van der Waals surface area contributed by atoms with Gasteiger partial charge >= 0.3 is 0 Å². The first-order valence-electron chi connectivity index (χ1n) is 7.98. The van der Waals surface area contributed by atoms with Crippen LogP contribution in [0, 0.1) is 0 Å². The number of sulfone groups is 1. The van der Waals surface area contributed by atoms with Gasteiger partial charge in [0.05, 0.1) is 11.5 Å². The molecule has 0 aromatic heterocycles. The molecule has 128 valence electrons. The first kappa shape index (κ1) is 17.0. The fourth-order valence-electron chi connectivity index (χ4n) is 2.56. The largest absolute Gasteiger partial charge is 0.489 e. The van der Waals surface area contributed by atoms with Gasteiger partial charge in [0.1, 0.15) is 23.4 Å². The highest BCUT2D eigenvalue weighted by molar-refractivity contribution is 7.91. The summed E-state index contributed by atoms with van der Waals surface area (Å²) >= 11 is 0. The zero-order chi connectivity index (χ0) is 17.4. The highest BCUT2D eigenvalue weighted by Gasteiger charge is 2.32. The highest BCUT2D eigenvalue weighted by Crippen LogP contribution is 2.38. The molecule has 24 heavy (non-hydrogen) atoms. The van der Waals surface area contributed by atoms with E-state index in [1.807, 2.05) is 32.9 Å². The molecule has 1 aliphatic heterocycles. The van der Waals surface area contributed by atoms with E-state index in [-0.39, 0.29) is 21.3 Å². The monoisotopic (exact) mass is 346 g/mol. The van der Waals surface area contributed by atoms with Gasteiger partial charge in [-0.15, -0.1) is 0 Å². The van der Waals surface area contributed by atoms with E-state index in [9.17, 15) is 8.42 Å². The second-order valence-corrected chi connectivity index (χ2v) is 8.85. The van der Waals surface area contributed by atoms with E-state index in [0.29, 0.717) is 19.0 Å². The molecule has 1 fully saturated rings. The van der Waals surface area contributed by atoms with Crippen molar-refractivity contribution in [2.45, 2.75) is 42.1 Å². The topological polar surface area (TPSA) is 55.9 Å². The minimum Gasteiger partial charge on any atom is -0.489 e. The van der Waals surface area contributed by atoms with Crippen molar-refractivity contribution in [3.63, 3.8) is 0 Å². The number of epoxide rings is 1. The number of rotatable bonds is 5. The molecule has 4 nitrogen and oxygen atoms in total. The van der Waals surface area contributed by atoms with Crippen LogP contribution in [0.25, 0.3) is 0 Å². The molecule has 2 aromatic rings. The standard InChI is InChI=1S/C19H22O4S/c1-19(2,3)16-10-7-11-17(23-13-14-12-22-14)18(16)24(20,21)15-8-5-4-6-9-15/h4-11,14H,12-13H2,1-3H3. The zero-order valence-corrected chi connectivity index (χ0v) is 15.0. The minimum absolute atomic E-state index is 0.0653. The maximum atomic E-state index is 13.3. The quantitative estimate of drug-likeness (QED) is 0.776. The Morgan fingerprint density at radius 1 is 1.08 bits per heavy atom. The lowest BCUT2D eigenvalue weighted by molar-refractivity contribution is 0.257. The molecule has 1 atom stereocenters. The van der Waals surface area contributed by atoms with Gasteiger partial charge in [-0.25, -0.2) is 8.42 Å². The number of hydrogen-bond acceptors (Lipinski definition) is 4. The van der Waals surface area contributed by atoms with E-state index >= 15 is 0 Å². The maximum Gasteiger partial charge on any atom is 0.210 e. The van der Waals surface area contributed by atoms with Crippen LogP contribution in [0.1, 0.15) is 26.3 Å². The molecule has 1 saturated heterocycles. The van der Waals surface area contributed by atoms with Crippen LogP contribution in [0.2, 0.25) is 0 Å². The Kier molecular flexibility index (Phi) is 4.40. The van der Waals surface area contributed by atoms with Crippen molar-refractivity contribution in [3.05, 3.63) is 54.1 Å². The Morgan fingerprint density at radius 3 is 2.33 bits per heavy atom. The van der Waals surface area contributed by atoms with Crippen LogP contribution in [-0.2, 0) is 20.0 Å². The normalized spacial score (nSPS) is 17.5. The molecule has 0 amide bonds. The summed E-state index contributed by atoms with van der Waals surface area (Å²) in [6, 6.07) is 13.9. The average molecular weight is 346 g/mol. The van der Waals surface area contributed by atoms with Crippen LogP contribution in [-0.4, -0.2) is 27.7 Å². The summed E-state index contributed by atoms with van der Waals surface area (Å²) in [6.45, 7) is 7.03. The Hall–Kier alpha value is -1.85. The number of benzene rings is 2. The molecular formula is C19H22O4S. The molecule has 2 aromatic carbocycles. The summed E-state index contributed by atoms with van der Waals surface area (Å²) in [7, 11) is -3.68. The first-order valence-corrected chi connectivity index (χ1v) is 9.46. The average Bonchev–Trinajstić information content (AvgIpc) is 3.37. The van der Waals surface area contributed by atoms with Gasteiger partial charge in [0.25, 0.3) is 0 Å². The molecule has 5 heteroatoms. The van der Waals surface area contributed by atoms with E-state index < -0.39 is 9.84 Å². The zero-order valence-electron chi connectivity index (χ0n) is 14.2. The van der Waals surface area contributed by atoms with E-state index in [2.05, 4.69) is 0 Å². The molecule has 1 unspecified atom stereocenters. The number of hydrogen-bond donors (Lipinski definition) is 0. The van der Waals surface area contributed by atoms with Gasteiger partial charge in [0.2, 0.25) is 9.84 Å². The Morgan fingerprint density at radius 2 is 1.75 bits per heavy atom. The molecule has 0 radical (unpaired) electrons. The molecule has 0 aliphatic carbocycles. The maximum absolute atomic E-state index is 13.3. The fraction of sp³-hybridized carbons (Fsp3) is 0.368. The molecule has 1 aliphatic rings. The van der Waals surface area contributed by atoms with Crippen molar-refractivity contribution in [2.75, 3.05) is 13.2 Å². The summed E-state index contributed by atoms with van der Waals surface area (Å²) in [5, 5.41) is 0. The molecule has 1 heterocycles. The second-order valence-electron chi connectivity index (χ2n) is 6.97. The fourth-order valence-corrected chi connectivity index (χ4v) is 4.37. The molecular weight excluding hydrogens is 324 g/mol. The summed E-state index contributed by atoms with van der Waals surface area (Å²) < 4.78 is 37.5. The van der Waals surface area contributed by atoms with E-state index in [1.54, 1.807) is 36.4 Å². The molecule has 3 rings (SSSR count). The van der Waals surface area contributed by atoms with Gasteiger partial charge in [0, 0.05) is 0 Å².